The standard InChI is InChI=1S/C15H12F5N/c1-9-2-5-13(17)14(6-9)21-8-10-3-4-11(16)7-12(10)15(18,19)20/h2-7,21H,8H2,1H3. The first kappa shape index (κ1) is 15.3. The van der Waals surface area contributed by atoms with Gasteiger partial charge in [0.2, 0.25) is 0 Å². The molecule has 0 aliphatic rings. The first-order valence-corrected chi connectivity index (χ1v) is 6.13. The van der Waals surface area contributed by atoms with E-state index in [1.807, 2.05) is 0 Å². The van der Waals surface area contributed by atoms with Gasteiger partial charge in [0.25, 0.3) is 0 Å². The Hall–Kier alpha value is -2.11. The molecule has 2 aromatic rings. The molecular weight excluding hydrogens is 289 g/mol. The molecule has 0 aliphatic carbocycles. The molecular formula is C15H12F5N. The van der Waals surface area contributed by atoms with Gasteiger partial charge in [0.15, 0.2) is 0 Å². The first-order chi connectivity index (χ1) is 9.77. The maximum absolute atomic E-state index is 13.5. The smallest absolute Gasteiger partial charge is 0.379 e. The fraction of sp³-hybridized carbons (Fsp3) is 0.200. The van der Waals surface area contributed by atoms with Gasteiger partial charge in [-0.25, -0.2) is 8.78 Å². The van der Waals surface area contributed by atoms with Crippen molar-refractivity contribution in [2.24, 2.45) is 0 Å². The summed E-state index contributed by atoms with van der Waals surface area (Å²) in [5, 5.41) is 2.60. The third-order valence-electron chi connectivity index (χ3n) is 2.97. The number of aryl methyl sites for hydroxylation is 1. The maximum atomic E-state index is 13.5. The zero-order chi connectivity index (χ0) is 15.6. The quantitative estimate of drug-likeness (QED) is 0.795. The van der Waals surface area contributed by atoms with Gasteiger partial charge in [-0.3, -0.25) is 0 Å². The summed E-state index contributed by atoms with van der Waals surface area (Å²) in [6.07, 6.45) is -4.66. The number of anilines is 1. The van der Waals surface area contributed by atoms with E-state index in [0.717, 1.165) is 17.7 Å². The molecule has 6 heteroatoms. The van der Waals surface area contributed by atoms with Crippen LogP contribution < -0.4 is 5.32 Å². The molecule has 0 aliphatic heterocycles. The molecule has 0 heterocycles. The Balaban J connectivity index is 2.26. The fourth-order valence-electron chi connectivity index (χ4n) is 1.93. The Bertz CT molecular complexity index is 649. The molecule has 21 heavy (non-hydrogen) atoms. The zero-order valence-corrected chi connectivity index (χ0v) is 11.1. The lowest BCUT2D eigenvalue weighted by molar-refractivity contribution is -0.138. The van der Waals surface area contributed by atoms with Crippen molar-refractivity contribution < 1.29 is 22.0 Å². The number of nitrogens with one attached hydrogen (secondary N) is 1. The van der Waals surface area contributed by atoms with Crippen LogP contribution in [0.5, 0.6) is 0 Å². The van der Waals surface area contributed by atoms with E-state index >= 15 is 0 Å². The van der Waals surface area contributed by atoms with Crippen LogP contribution in [0.15, 0.2) is 36.4 Å². The summed E-state index contributed by atoms with van der Waals surface area (Å²) in [6.45, 7) is 1.49. The van der Waals surface area contributed by atoms with E-state index in [-0.39, 0.29) is 17.8 Å². The van der Waals surface area contributed by atoms with E-state index in [2.05, 4.69) is 5.32 Å². The van der Waals surface area contributed by atoms with Gasteiger partial charge >= 0.3 is 6.18 Å². The zero-order valence-electron chi connectivity index (χ0n) is 11.1. The van der Waals surface area contributed by atoms with Crippen LogP contribution >= 0.6 is 0 Å². The molecule has 0 saturated heterocycles. The lowest BCUT2D eigenvalue weighted by Crippen LogP contribution is -2.12. The minimum Gasteiger partial charge on any atom is -0.379 e. The van der Waals surface area contributed by atoms with Gasteiger partial charge in [-0.15, -0.1) is 0 Å². The van der Waals surface area contributed by atoms with Crippen LogP contribution in [-0.2, 0) is 12.7 Å². The summed E-state index contributed by atoms with van der Waals surface area (Å²) < 4.78 is 65.0. The van der Waals surface area contributed by atoms with Crippen molar-refractivity contribution in [2.45, 2.75) is 19.6 Å². The highest BCUT2D eigenvalue weighted by Gasteiger charge is 2.33. The molecule has 0 bridgehead atoms. The van der Waals surface area contributed by atoms with Crippen molar-refractivity contribution in [2.75, 3.05) is 5.32 Å². The fourth-order valence-corrected chi connectivity index (χ4v) is 1.93. The lowest BCUT2D eigenvalue weighted by atomic mass is 10.1. The third-order valence-corrected chi connectivity index (χ3v) is 2.97. The van der Waals surface area contributed by atoms with Gasteiger partial charge in [-0.05, 0) is 42.3 Å². The maximum Gasteiger partial charge on any atom is 0.416 e. The van der Waals surface area contributed by atoms with E-state index < -0.39 is 23.4 Å². The third kappa shape index (κ3) is 3.71. The van der Waals surface area contributed by atoms with Crippen molar-refractivity contribution in [1.29, 1.82) is 0 Å². The van der Waals surface area contributed by atoms with Crippen molar-refractivity contribution in [3.63, 3.8) is 0 Å². The summed E-state index contributed by atoms with van der Waals surface area (Å²) in [5.41, 5.74) is -0.339. The normalized spacial score (nSPS) is 11.5. The van der Waals surface area contributed by atoms with E-state index in [9.17, 15) is 22.0 Å². The van der Waals surface area contributed by atoms with E-state index in [4.69, 9.17) is 0 Å². The van der Waals surface area contributed by atoms with E-state index in [1.165, 1.54) is 12.1 Å². The Morgan fingerprint density at radius 2 is 1.71 bits per heavy atom. The second-order valence-electron chi connectivity index (χ2n) is 4.64. The molecule has 0 amide bonds. The van der Waals surface area contributed by atoms with Crippen molar-refractivity contribution in [3.8, 4) is 0 Å². The van der Waals surface area contributed by atoms with Crippen LogP contribution in [0, 0.1) is 18.6 Å². The second kappa shape index (κ2) is 5.71. The summed E-state index contributed by atoms with van der Waals surface area (Å²) >= 11 is 0. The summed E-state index contributed by atoms with van der Waals surface area (Å²) in [6, 6.07) is 6.69. The highest BCUT2D eigenvalue weighted by atomic mass is 19.4. The number of hydrogen-bond acceptors (Lipinski definition) is 1. The predicted molar refractivity (Wildman–Crippen MR) is 69.9 cm³/mol. The van der Waals surface area contributed by atoms with Crippen LogP contribution in [0.25, 0.3) is 0 Å². The molecule has 2 rings (SSSR count). The van der Waals surface area contributed by atoms with Crippen LogP contribution in [0.2, 0.25) is 0 Å². The van der Waals surface area contributed by atoms with Gasteiger partial charge in [-0.2, -0.15) is 13.2 Å². The molecule has 0 unspecified atom stereocenters. The number of rotatable bonds is 3. The summed E-state index contributed by atoms with van der Waals surface area (Å²) in [4.78, 5) is 0. The molecule has 0 spiro atoms. The molecule has 1 nitrogen and oxygen atoms in total. The number of hydrogen-bond donors (Lipinski definition) is 1. The highest BCUT2D eigenvalue weighted by molar-refractivity contribution is 5.48. The van der Waals surface area contributed by atoms with Gasteiger partial charge < -0.3 is 5.32 Å². The molecule has 2 aromatic carbocycles. The van der Waals surface area contributed by atoms with Crippen LogP contribution in [-0.4, -0.2) is 0 Å². The molecule has 1 N–H and O–H groups in total. The molecule has 112 valence electrons. The molecule has 0 saturated carbocycles. The van der Waals surface area contributed by atoms with Crippen LogP contribution in [0.1, 0.15) is 16.7 Å². The number of benzene rings is 2. The van der Waals surface area contributed by atoms with Gasteiger partial charge in [0.05, 0.1) is 11.3 Å². The van der Waals surface area contributed by atoms with Crippen molar-refractivity contribution in [1.82, 2.24) is 0 Å². The van der Waals surface area contributed by atoms with E-state index in [0.29, 0.717) is 6.07 Å². The molecule has 0 radical (unpaired) electrons. The minimum absolute atomic E-state index is 0.104. The number of alkyl halides is 3. The van der Waals surface area contributed by atoms with Crippen molar-refractivity contribution in [3.05, 3.63) is 64.7 Å². The predicted octanol–water partition coefficient (Wildman–Crippen LogP) is 4.90. The number of halogens is 5. The average molecular weight is 301 g/mol. The van der Waals surface area contributed by atoms with Crippen LogP contribution in [0.3, 0.4) is 0 Å². The lowest BCUT2D eigenvalue weighted by Gasteiger charge is -2.14. The van der Waals surface area contributed by atoms with Crippen LogP contribution in [0.4, 0.5) is 27.6 Å². The monoisotopic (exact) mass is 301 g/mol. The van der Waals surface area contributed by atoms with Gasteiger partial charge in [-0.1, -0.05) is 12.1 Å². The SMILES string of the molecule is Cc1ccc(F)c(NCc2ccc(F)cc2C(F)(F)F)c1. The Morgan fingerprint density at radius 1 is 1.00 bits per heavy atom. The van der Waals surface area contributed by atoms with E-state index in [1.54, 1.807) is 13.0 Å². The topological polar surface area (TPSA) is 12.0 Å². The van der Waals surface area contributed by atoms with Gasteiger partial charge in [0, 0.05) is 6.54 Å². The summed E-state index contributed by atoms with van der Waals surface area (Å²) in [5.74, 6) is -1.52. The molecule has 0 fully saturated rings. The average Bonchev–Trinajstić information content (AvgIpc) is 2.40. The van der Waals surface area contributed by atoms with Gasteiger partial charge in [0.1, 0.15) is 11.6 Å². The Labute approximate surface area is 118 Å². The molecule has 0 atom stereocenters. The minimum atomic E-state index is -4.66. The summed E-state index contributed by atoms with van der Waals surface area (Å²) in [7, 11) is 0. The van der Waals surface area contributed by atoms with Crippen molar-refractivity contribution >= 4 is 5.69 Å². The largest absolute Gasteiger partial charge is 0.416 e. The Kier molecular flexibility index (Phi) is 4.16. The first-order valence-electron chi connectivity index (χ1n) is 6.13. The second-order valence-corrected chi connectivity index (χ2v) is 4.64. The Morgan fingerprint density at radius 3 is 2.38 bits per heavy atom. The highest BCUT2D eigenvalue weighted by Crippen LogP contribution is 2.33. The molecule has 0 aromatic heterocycles.